The van der Waals surface area contributed by atoms with E-state index in [4.69, 9.17) is 6.94 Å². The zero-order valence-electron chi connectivity index (χ0n) is 8.39. The van der Waals surface area contributed by atoms with Crippen molar-refractivity contribution in [2.75, 3.05) is 6.50 Å². The van der Waals surface area contributed by atoms with E-state index in [0.29, 0.717) is 10.8 Å². The van der Waals surface area contributed by atoms with Crippen molar-refractivity contribution in [3.63, 3.8) is 0 Å². The van der Waals surface area contributed by atoms with Gasteiger partial charge in [0, 0.05) is 14.9 Å². The maximum absolute atomic E-state index is 7.18. The number of rotatable bonds is 0. The Labute approximate surface area is 44.3 Å². The molecule has 0 aromatic heterocycles. The number of hydrogen-bond acceptors (Lipinski definition) is 2. The van der Waals surface area contributed by atoms with Gasteiger partial charge in [-0.05, 0) is 13.0 Å². The van der Waals surface area contributed by atoms with Crippen LogP contribution in [-0.2, 0) is 0 Å². The highest BCUT2D eigenvalue weighted by Crippen LogP contribution is 1.85. The van der Waals surface area contributed by atoms with Gasteiger partial charge >= 0.3 is 0 Å². The van der Waals surface area contributed by atoms with Crippen LogP contribution in [0.2, 0.25) is 2.82 Å². The summed E-state index contributed by atoms with van der Waals surface area (Å²) in [7, 11) is 0. The van der Waals surface area contributed by atoms with Crippen LogP contribution < -0.4 is 10.8 Å². The fourth-order valence-corrected chi connectivity index (χ4v) is 0.231. The third kappa shape index (κ3) is 0.518. The van der Waals surface area contributed by atoms with Crippen molar-refractivity contribution in [2.45, 2.75) is 6.92 Å². The fourth-order valence-electron chi connectivity index (χ4n) is 0.231. The molecule has 1 aliphatic heterocycles. The highest BCUT2D eigenvalue weighted by atomic mass is 15.4. The molecule has 0 aromatic carbocycles. The van der Waals surface area contributed by atoms with E-state index < -0.39 is 6.50 Å². The Hall–Kier alpha value is -0.500. The molecule has 1 rings (SSSR count). The molecule has 0 bridgehead atoms. The number of hydrazine groups is 1. The largest absolute Gasteiger partial charge is 0.326 e. The van der Waals surface area contributed by atoms with Crippen molar-refractivity contribution in [3.05, 3.63) is 11.7 Å². The molecule has 6 heavy (non-hydrogen) atoms. The highest BCUT2D eigenvalue weighted by Gasteiger charge is 1.90. The van der Waals surface area contributed by atoms with Crippen LogP contribution in [0.5, 0.6) is 0 Å². The molecule has 0 atom stereocenters. The van der Waals surface area contributed by atoms with Gasteiger partial charge in [0.15, 0.2) is 1.41 Å². The molecule has 0 aliphatic carbocycles. The van der Waals surface area contributed by atoms with Crippen molar-refractivity contribution in [2.24, 2.45) is 0 Å². The normalized spacial score (nSPS) is 46.8. The lowest BCUT2D eigenvalue weighted by atomic mass is 10.5. The Balaban J connectivity index is 3.06. The SMILES string of the molecule is [2H]C1=C(C)N([2H])N([2H])C1([2H])[2H]. The molecule has 1 aliphatic rings. The van der Waals surface area contributed by atoms with Gasteiger partial charge in [0.25, 0.3) is 0 Å². The fraction of sp³-hybridized carbons (Fsp3) is 0.500. The summed E-state index contributed by atoms with van der Waals surface area (Å²) in [6, 6.07) is -0.331. The van der Waals surface area contributed by atoms with Gasteiger partial charge < -0.3 is 5.42 Å². The average Bonchev–Trinajstić information content (AvgIpc) is 2.06. The van der Waals surface area contributed by atoms with Crippen molar-refractivity contribution in [1.29, 1.82) is 0 Å². The van der Waals surface area contributed by atoms with Gasteiger partial charge in [0.2, 0.25) is 0 Å². The van der Waals surface area contributed by atoms with E-state index in [-0.39, 0.29) is 11.7 Å². The summed E-state index contributed by atoms with van der Waals surface area (Å²) in [6.07, 6.45) is 0. The average molecular weight is 89.2 g/mol. The van der Waals surface area contributed by atoms with Gasteiger partial charge in [0.1, 0.15) is 1.41 Å². The van der Waals surface area contributed by atoms with E-state index in [9.17, 15) is 0 Å². The summed E-state index contributed by atoms with van der Waals surface area (Å²) in [5.41, 5.74) is 1.03. The molecular formula is C4H8N2. The quantitative estimate of drug-likeness (QED) is 0.436. The zero-order valence-corrected chi connectivity index (χ0v) is 3.39. The van der Waals surface area contributed by atoms with Crippen LogP contribution in [0.25, 0.3) is 0 Å². The summed E-state index contributed by atoms with van der Waals surface area (Å²) < 4.78 is 35.6. The van der Waals surface area contributed by atoms with Crippen molar-refractivity contribution >= 4 is 0 Å². The summed E-state index contributed by atoms with van der Waals surface area (Å²) in [5.74, 6) is 0. The topological polar surface area (TPSA) is 24.1 Å². The molecule has 34 valence electrons. The molecule has 0 amide bonds. The molecule has 0 radical (unpaired) electrons. The van der Waals surface area contributed by atoms with E-state index in [0.717, 1.165) is 0 Å². The van der Waals surface area contributed by atoms with Crippen LogP contribution in [0, 0.1) is 0 Å². The first kappa shape index (κ1) is 1.01. The second-order valence-corrected chi connectivity index (χ2v) is 1.02. The summed E-state index contributed by atoms with van der Waals surface area (Å²) in [4.78, 5) is 0. The van der Waals surface area contributed by atoms with Crippen LogP contribution in [0.15, 0.2) is 11.7 Å². The second-order valence-electron chi connectivity index (χ2n) is 1.02. The standard InChI is InChI=1S/C4H8N2/c1-4-2-3-5-6-4/h2,5-6H,3H2,1H3/i2D,3D2/hD2. The minimum atomic E-state index is -2.16. The molecule has 0 fully saturated rings. The van der Waals surface area contributed by atoms with E-state index in [2.05, 4.69) is 0 Å². The van der Waals surface area contributed by atoms with Gasteiger partial charge in [-0.3, -0.25) is 0 Å². The minimum absolute atomic E-state index is 0.144. The number of allylic oxidation sites excluding steroid dienone is 1. The van der Waals surface area contributed by atoms with E-state index in [1.807, 2.05) is 0 Å². The molecule has 0 aromatic rings. The first-order valence-corrected chi connectivity index (χ1v) is 1.65. The summed E-state index contributed by atoms with van der Waals surface area (Å²) in [5, 5.41) is 0. The smallest absolute Gasteiger partial charge is 0.181 e. The summed E-state index contributed by atoms with van der Waals surface area (Å²) in [6.45, 7) is -0.729. The van der Waals surface area contributed by atoms with Crippen LogP contribution in [0.1, 0.15) is 11.0 Å². The van der Waals surface area contributed by atoms with Crippen molar-refractivity contribution < 1.29 is 6.94 Å². The first-order chi connectivity index (χ1) is 4.89. The minimum Gasteiger partial charge on any atom is -0.326 e. The van der Waals surface area contributed by atoms with Crippen molar-refractivity contribution in [1.82, 2.24) is 10.8 Å². The van der Waals surface area contributed by atoms with Crippen LogP contribution >= 0.6 is 0 Å². The van der Waals surface area contributed by atoms with Gasteiger partial charge in [-0.15, -0.1) is 0 Å². The monoisotopic (exact) mass is 89.1 g/mol. The number of nitrogens with one attached hydrogen (secondary N) is 2. The predicted molar refractivity (Wildman–Crippen MR) is 24.9 cm³/mol. The van der Waals surface area contributed by atoms with E-state index >= 15 is 0 Å². The van der Waals surface area contributed by atoms with Crippen LogP contribution in [-0.4, -0.2) is 6.50 Å². The lowest BCUT2D eigenvalue weighted by Gasteiger charge is -1.91. The first-order valence-electron chi connectivity index (χ1n) is 4.04. The maximum atomic E-state index is 7.18. The zero-order chi connectivity index (χ0) is 8.81. The Kier molecular flexibility index (Phi) is 0.220. The van der Waals surface area contributed by atoms with Gasteiger partial charge in [-0.1, -0.05) is 0 Å². The molecule has 1 heterocycles. The van der Waals surface area contributed by atoms with Crippen LogP contribution in [0.4, 0.5) is 0 Å². The lowest BCUT2D eigenvalue weighted by Crippen LogP contribution is -2.22. The Morgan fingerprint density at radius 3 is 3.50 bits per heavy atom. The third-order valence-electron chi connectivity index (χ3n) is 0.487. The predicted octanol–water partition coefficient (Wildman–Crippen LogP) is -0.00200. The van der Waals surface area contributed by atoms with Crippen LogP contribution in [0.3, 0.4) is 0 Å². The lowest BCUT2D eigenvalue weighted by molar-refractivity contribution is 0.700. The van der Waals surface area contributed by atoms with Gasteiger partial charge in [-0.2, -0.15) is 0 Å². The molecule has 2 nitrogen and oxygen atoms in total. The molecule has 0 spiro atoms. The third-order valence-corrected chi connectivity index (χ3v) is 0.487. The second kappa shape index (κ2) is 1.30. The summed E-state index contributed by atoms with van der Waals surface area (Å²) >= 11 is 0. The molecule has 0 unspecified atom stereocenters. The van der Waals surface area contributed by atoms with E-state index in [1.165, 1.54) is 6.92 Å². The maximum Gasteiger partial charge on any atom is 0.181 e. The van der Waals surface area contributed by atoms with E-state index in [1.54, 1.807) is 0 Å². The molecule has 0 saturated heterocycles. The molecule has 0 saturated carbocycles. The van der Waals surface area contributed by atoms with Gasteiger partial charge in [0.05, 0.1) is 1.37 Å². The Morgan fingerprint density at radius 1 is 2.50 bits per heavy atom. The highest BCUT2D eigenvalue weighted by molar-refractivity contribution is 4.99. The Bertz CT molecular complexity index is 213. The Morgan fingerprint density at radius 2 is 3.33 bits per heavy atom. The molecular weight excluding hydrogens is 76.1 g/mol. The number of hydrogen-bond donors (Lipinski definition) is 2. The van der Waals surface area contributed by atoms with Crippen molar-refractivity contribution in [3.8, 4) is 0 Å². The molecule has 2 heteroatoms. The molecule has 2 N–H and O–H groups in total. The van der Waals surface area contributed by atoms with Gasteiger partial charge in [-0.25, -0.2) is 5.42 Å².